The molecule has 0 saturated heterocycles. The van der Waals surface area contributed by atoms with Gasteiger partial charge in [0.05, 0.1) is 0 Å². The third-order valence-electron chi connectivity index (χ3n) is 2.73. The first-order valence-electron chi connectivity index (χ1n) is 6.73. The second kappa shape index (κ2) is 10.9. The number of carbonyl (C=O) groups is 1. The molecule has 0 aromatic rings. The monoisotopic (exact) mass is 228 g/mol. The molecule has 3 nitrogen and oxygen atoms in total. The van der Waals surface area contributed by atoms with Gasteiger partial charge in [0.15, 0.2) is 0 Å². The highest BCUT2D eigenvalue weighted by Crippen LogP contribution is 2.04. The van der Waals surface area contributed by atoms with Crippen LogP contribution in [0, 0.1) is 0 Å². The van der Waals surface area contributed by atoms with Crippen LogP contribution in [0.15, 0.2) is 0 Å². The minimum atomic E-state index is 0.119. The largest absolute Gasteiger partial charge is 0.355 e. The van der Waals surface area contributed by atoms with Crippen molar-refractivity contribution in [3.05, 3.63) is 0 Å². The Morgan fingerprint density at radius 1 is 1.12 bits per heavy atom. The molecule has 1 unspecified atom stereocenters. The van der Waals surface area contributed by atoms with Gasteiger partial charge in [0.1, 0.15) is 0 Å². The Morgan fingerprint density at radius 2 is 1.81 bits per heavy atom. The smallest absolute Gasteiger partial charge is 0.220 e. The van der Waals surface area contributed by atoms with Gasteiger partial charge in [0, 0.05) is 19.0 Å². The zero-order valence-electron chi connectivity index (χ0n) is 10.9. The maximum Gasteiger partial charge on any atom is 0.220 e. The van der Waals surface area contributed by atoms with Crippen LogP contribution in [0.25, 0.3) is 0 Å². The third kappa shape index (κ3) is 9.97. The topological polar surface area (TPSA) is 55.1 Å². The minimum Gasteiger partial charge on any atom is -0.355 e. The van der Waals surface area contributed by atoms with E-state index in [0.29, 0.717) is 13.0 Å². The van der Waals surface area contributed by atoms with Crippen molar-refractivity contribution in [3.8, 4) is 0 Å². The summed E-state index contributed by atoms with van der Waals surface area (Å²) in [6.45, 7) is 4.93. The summed E-state index contributed by atoms with van der Waals surface area (Å²) in [5, 5.41) is 2.89. The molecule has 0 aliphatic heterocycles. The number of hydrogen-bond donors (Lipinski definition) is 2. The molecule has 0 aromatic carbocycles. The molecule has 3 N–H and O–H groups in total. The lowest BCUT2D eigenvalue weighted by Gasteiger charge is -2.11. The van der Waals surface area contributed by atoms with Gasteiger partial charge in [-0.2, -0.15) is 0 Å². The summed E-state index contributed by atoms with van der Waals surface area (Å²) < 4.78 is 0. The lowest BCUT2D eigenvalue weighted by molar-refractivity contribution is -0.121. The zero-order chi connectivity index (χ0) is 12.2. The van der Waals surface area contributed by atoms with Crippen molar-refractivity contribution in [2.45, 2.75) is 71.3 Å². The Bertz CT molecular complexity index is 171. The van der Waals surface area contributed by atoms with Crippen LogP contribution in [0.1, 0.15) is 65.2 Å². The van der Waals surface area contributed by atoms with E-state index >= 15 is 0 Å². The standard InChI is InChI=1S/C13H28N2O/c1-3-5-6-7-8-10-13(16)15-11-12(14)9-4-2/h12H,3-11,14H2,1-2H3,(H,15,16). The summed E-state index contributed by atoms with van der Waals surface area (Å²) >= 11 is 0. The highest BCUT2D eigenvalue weighted by Gasteiger charge is 2.04. The molecule has 0 aliphatic rings. The first-order valence-corrected chi connectivity index (χ1v) is 6.73. The van der Waals surface area contributed by atoms with Gasteiger partial charge in [-0.1, -0.05) is 46.0 Å². The number of hydrogen-bond acceptors (Lipinski definition) is 2. The fourth-order valence-electron chi connectivity index (χ4n) is 1.70. The van der Waals surface area contributed by atoms with Crippen LogP contribution in [0.2, 0.25) is 0 Å². The quantitative estimate of drug-likeness (QED) is 0.565. The van der Waals surface area contributed by atoms with Gasteiger partial charge in [0.2, 0.25) is 5.91 Å². The van der Waals surface area contributed by atoms with Crippen molar-refractivity contribution in [1.82, 2.24) is 5.32 Å². The number of carbonyl (C=O) groups excluding carboxylic acids is 1. The van der Waals surface area contributed by atoms with Crippen molar-refractivity contribution in [2.24, 2.45) is 5.73 Å². The van der Waals surface area contributed by atoms with Crippen molar-refractivity contribution < 1.29 is 4.79 Å². The second-order valence-corrected chi connectivity index (χ2v) is 4.52. The average Bonchev–Trinajstić information content (AvgIpc) is 2.26. The molecule has 16 heavy (non-hydrogen) atoms. The van der Waals surface area contributed by atoms with E-state index in [1.165, 1.54) is 25.7 Å². The zero-order valence-corrected chi connectivity index (χ0v) is 10.9. The maximum atomic E-state index is 11.4. The molecule has 0 spiro atoms. The summed E-state index contributed by atoms with van der Waals surface area (Å²) in [5.41, 5.74) is 5.81. The van der Waals surface area contributed by atoms with Gasteiger partial charge in [-0.3, -0.25) is 4.79 Å². The first-order chi connectivity index (χ1) is 7.70. The lowest BCUT2D eigenvalue weighted by Crippen LogP contribution is -2.36. The molecule has 1 atom stereocenters. The van der Waals surface area contributed by atoms with Crippen molar-refractivity contribution in [3.63, 3.8) is 0 Å². The molecule has 3 heteroatoms. The van der Waals surface area contributed by atoms with Gasteiger partial charge in [-0.05, 0) is 12.8 Å². The Labute approximate surface area is 100 Å². The molecule has 0 saturated carbocycles. The fraction of sp³-hybridized carbons (Fsp3) is 0.923. The molecule has 0 aliphatic carbocycles. The van der Waals surface area contributed by atoms with Crippen LogP contribution >= 0.6 is 0 Å². The van der Waals surface area contributed by atoms with Crippen molar-refractivity contribution >= 4 is 5.91 Å². The number of amides is 1. The Hall–Kier alpha value is -0.570. The van der Waals surface area contributed by atoms with E-state index in [4.69, 9.17) is 5.73 Å². The summed E-state index contributed by atoms with van der Waals surface area (Å²) in [5.74, 6) is 0.156. The summed E-state index contributed by atoms with van der Waals surface area (Å²) in [6.07, 6.45) is 8.67. The SMILES string of the molecule is CCCCCCCC(=O)NCC(N)CCC. The van der Waals surface area contributed by atoms with E-state index in [9.17, 15) is 4.79 Å². The van der Waals surface area contributed by atoms with E-state index < -0.39 is 0 Å². The fourth-order valence-corrected chi connectivity index (χ4v) is 1.70. The lowest BCUT2D eigenvalue weighted by atomic mass is 10.1. The molecule has 0 heterocycles. The molecular formula is C13H28N2O. The normalized spacial score (nSPS) is 12.4. The van der Waals surface area contributed by atoms with E-state index in [1.807, 2.05) is 0 Å². The predicted octanol–water partition coefficient (Wildman–Crippen LogP) is 2.59. The number of nitrogens with one attached hydrogen (secondary N) is 1. The highest BCUT2D eigenvalue weighted by atomic mass is 16.1. The summed E-state index contributed by atoms with van der Waals surface area (Å²) in [4.78, 5) is 11.4. The predicted molar refractivity (Wildman–Crippen MR) is 69.3 cm³/mol. The van der Waals surface area contributed by atoms with Crippen LogP contribution in [0.4, 0.5) is 0 Å². The molecule has 0 fully saturated rings. The van der Waals surface area contributed by atoms with Crippen LogP contribution in [0.5, 0.6) is 0 Å². The van der Waals surface area contributed by atoms with E-state index in [1.54, 1.807) is 0 Å². The van der Waals surface area contributed by atoms with Crippen LogP contribution in [-0.4, -0.2) is 18.5 Å². The molecular weight excluding hydrogens is 200 g/mol. The summed E-state index contributed by atoms with van der Waals surface area (Å²) in [7, 11) is 0. The highest BCUT2D eigenvalue weighted by molar-refractivity contribution is 5.75. The van der Waals surface area contributed by atoms with Crippen molar-refractivity contribution in [2.75, 3.05) is 6.54 Å². The van der Waals surface area contributed by atoms with Crippen molar-refractivity contribution in [1.29, 1.82) is 0 Å². The first kappa shape index (κ1) is 15.4. The van der Waals surface area contributed by atoms with Crippen LogP contribution in [-0.2, 0) is 4.79 Å². The molecule has 0 radical (unpaired) electrons. The van der Waals surface area contributed by atoms with Gasteiger partial charge in [-0.15, -0.1) is 0 Å². The molecule has 1 amide bonds. The number of unbranched alkanes of at least 4 members (excludes halogenated alkanes) is 4. The molecule has 0 aromatic heterocycles. The number of rotatable bonds is 10. The molecule has 96 valence electrons. The second-order valence-electron chi connectivity index (χ2n) is 4.52. The summed E-state index contributed by atoms with van der Waals surface area (Å²) in [6, 6.07) is 0.119. The third-order valence-corrected chi connectivity index (χ3v) is 2.73. The molecule has 0 bridgehead atoms. The van der Waals surface area contributed by atoms with E-state index in [0.717, 1.165) is 19.3 Å². The van der Waals surface area contributed by atoms with Crippen LogP contribution < -0.4 is 11.1 Å². The van der Waals surface area contributed by atoms with Gasteiger partial charge in [0.25, 0.3) is 0 Å². The molecule has 0 rings (SSSR count). The maximum absolute atomic E-state index is 11.4. The Morgan fingerprint density at radius 3 is 2.44 bits per heavy atom. The Kier molecular flexibility index (Phi) is 10.5. The average molecular weight is 228 g/mol. The van der Waals surface area contributed by atoms with Gasteiger partial charge in [-0.25, -0.2) is 0 Å². The minimum absolute atomic E-state index is 0.119. The Balaban J connectivity index is 3.30. The number of nitrogens with two attached hydrogens (primary N) is 1. The van der Waals surface area contributed by atoms with E-state index in [-0.39, 0.29) is 11.9 Å². The van der Waals surface area contributed by atoms with Gasteiger partial charge < -0.3 is 11.1 Å². The van der Waals surface area contributed by atoms with Gasteiger partial charge >= 0.3 is 0 Å². The van der Waals surface area contributed by atoms with E-state index in [2.05, 4.69) is 19.2 Å². The van der Waals surface area contributed by atoms with Crippen LogP contribution in [0.3, 0.4) is 0 Å².